The van der Waals surface area contributed by atoms with Gasteiger partial charge in [-0.25, -0.2) is 0 Å². The maximum absolute atomic E-state index is 6.05. The summed E-state index contributed by atoms with van der Waals surface area (Å²) < 4.78 is 13.2. The molecule has 0 amide bonds. The number of rotatable bonds is 3. The molecule has 0 N–H and O–H groups in total. The summed E-state index contributed by atoms with van der Waals surface area (Å²) in [7, 11) is -0.122. The molecule has 1 aliphatic rings. The van der Waals surface area contributed by atoms with Gasteiger partial charge in [0.25, 0.3) is 0 Å². The lowest BCUT2D eigenvalue weighted by Crippen LogP contribution is -2.41. The molecule has 1 aromatic rings. The van der Waals surface area contributed by atoms with E-state index in [1.165, 1.54) is 5.56 Å². The van der Waals surface area contributed by atoms with Crippen LogP contribution in [-0.4, -0.2) is 18.3 Å². The first-order valence-electron chi connectivity index (χ1n) is 6.82. The summed E-state index contributed by atoms with van der Waals surface area (Å²) in [6.07, 6.45) is 0.883. The van der Waals surface area contributed by atoms with Crippen LogP contribution in [0.1, 0.15) is 46.1 Å². The number of halogens is 1. The fourth-order valence-electron chi connectivity index (χ4n) is 2.28. The highest BCUT2D eigenvalue weighted by Crippen LogP contribution is 2.39. The fourth-order valence-corrected chi connectivity index (χ4v) is 2.54. The first-order valence-corrected chi connectivity index (χ1v) is 7.62. The lowest BCUT2D eigenvalue weighted by Gasteiger charge is -2.32. The molecule has 19 heavy (non-hydrogen) atoms. The van der Waals surface area contributed by atoms with E-state index < -0.39 is 0 Å². The quantitative estimate of drug-likeness (QED) is 0.754. The summed E-state index contributed by atoms with van der Waals surface area (Å²) in [6, 6.07) is 8.46. The maximum atomic E-state index is 6.05. The van der Waals surface area contributed by atoms with Gasteiger partial charge < -0.3 is 9.31 Å². The Morgan fingerprint density at radius 3 is 2.00 bits per heavy atom. The summed E-state index contributed by atoms with van der Waals surface area (Å²) in [5.74, 6) is 0.419. The van der Waals surface area contributed by atoms with E-state index in [0.717, 1.165) is 10.8 Å². The van der Waals surface area contributed by atoms with E-state index in [2.05, 4.69) is 74.8 Å². The molecular formula is C15H22BBrO2. The van der Waals surface area contributed by atoms with Crippen LogP contribution in [0, 0.1) is 0 Å². The first kappa shape index (κ1) is 15.1. The smallest absolute Gasteiger partial charge is 0.403 e. The van der Waals surface area contributed by atoms with Crippen molar-refractivity contribution in [1.29, 1.82) is 0 Å². The Kier molecular flexibility index (Phi) is 4.15. The van der Waals surface area contributed by atoms with E-state index in [4.69, 9.17) is 9.31 Å². The highest BCUT2D eigenvalue weighted by Gasteiger charge is 2.51. The number of hydrogen-bond donors (Lipinski definition) is 0. The lowest BCUT2D eigenvalue weighted by atomic mass is 9.75. The Balaban J connectivity index is 2.01. The molecule has 1 heterocycles. The molecule has 1 atom stereocenters. The minimum absolute atomic E-state index is 0.122. The molecular weight excluding hydrogens is 303 g/mol. The molecule has 104 valence electrons. The molecule has 0 spiro atoms. The second kappa shape index (κ2) is 5.23. The van der Waals surface area contributed by atoms with Crippen LogP contribution < -0.4 is 0 Å². The molecule has 0 aliphatic carbocycles. The van der Waals surface area contributed by atoms with Crippen LogP contribution in [0.15, 0.2) is 28.7 Å². The maximum Gasteiger partial charge on any atom is 0.458 e. The standard InChI is InChI=1S/C15H22BBrO2/c1-11(12-6-8-13(17)9-7-12)10-16-18-14(2,3)15(4,5)19-16/h6-9,11H,10H2,1-5H3. The Bertz CT molecular complexity index is 426. The molecule has 0 saturated carbocycles. The van der Waals surface area contributed by atoms with Gasteiger partial charge in [-0.2, -0.15) is 0 Å². The van der Waals surface area contributed by atoms with Crippen molar-refractivity contribution in [3.8, 4) is 0 Å². The molecule has 1 fully saturated rings. The summed E-state index contributed by atoms with van der Waals surface area (Å²) in [5.41, 5.74) is 0.840. The summed E-state index contributed by atoms with van der Waals surface area (Å²) in [6.45, 7) is 10.6. The monoisotopic (exact) mass is 324 g/mol. The predicted molar refractivity (Wildman–Crippen MR) is 83.4 cm³/mol. The average molecular weight is 325 g/mol. The van der Waals surface area contributed by atoms with E-state index in [1.807, 2.05) is 0 Å². The minimum Gasteiger partial charge on any atom is -0.403 e. The zero-order valence-corrected chi connectivity index (χ0v) is 14.0. The van der Waals surface area contributed by atoms with Gasteiger partial charge in [0.2, 0.25) is 0 Å². The van der Waals surface area contributed by atoms with Gasteiger partial charge in [-0.15, -0.1) is 0 Å². The van der Waals surface area contributed by atoms with Crippen molar-refractivity contribution >= 4 is 23.0 Å². The van der Waals surface area contributed by atoms with Crippen LogP contribution in [0.5, 0.6) is 0 Å². The number of hydrogen-bond acceptors (Lipinski definition) is 2. The second-order valence-corrected chi connectivity index (χ2v) is 7.29. The zero-order chi connectivity index (χ0) is 14.3. The van der Waals surface area contributed by atoms with Gasteiger partial charge in [-0.05, 0) is 57.6 Å². The third-order valence-corrected chi connectivity index (χ3v) is 4.82. The van der Waals surface area contributed by atoms with Crippen LogP contribution in [0.25, 0.3) is 0 Å². The van der Waals surface area contributed by atoms with Crippen molar-refractivity contribution in [2.75, 3.05) is 0 Å². The third kappa shape index (κ3) is 3.23. The largest absolute Gasteiger partial charge is 0.458 e. The van der Waals surface area contributed by atoms with Crippen molar-refractivity contribution < 1.29 is 9.31 Å². The third-order valence-electron chi connectivity index (χ3n) is 4.29. The topological polar surface area (TPSA) is 18.5 Å². The second-order valence-electron chi connectivity index (χ2n) is 6.37. The van der Waals surface area contributed by atoms with Crippen molar-refractivity contribution in [1.82, 2.24) is 0 Å². The van der Waals surface area contributed by atoms with Gasteiger partial charge in [-0.1, -0.05) is 35.0 Å². The molecule has 1 aromatic carbocycles. The average Bonchev–Trinajstić information content (AvgIpc) is 2.47. The molecule has 1 unspecified atom stereocenters. The Morgan fingerprint density at radius 2 is 1.53 bits per heavy atom. The van der Waals surface area contributed by atoms with Gasteiger partial charge in [0.15, 0.2) is 0 Å². The van der Waals surface area contributed by atoms with Crippen molar-refractivity contribution in [2.24, 2.45) is 0 Å². The van der Waals surface area contributed by atoms with E-state index in [1.54, 1.807) is 0 Å². The Labute approximate surface area is 125 Å². The van der Waals surface area contributed by atoms with Gasteiger partial charge >= 0.3 is 7.12 Å². The van der Waals surface area contributed by atoms with Crippen LogP contribution in [0.4, 0.5) is 0 Å². The van der Waals surface area contributed by atoms with E-state index in [9.17, 15) is 0 Å². The van der Waals surface area contributed by atoms with Crippen LogP contribution >= 0.6 is 15.9 Å². The number of benzene rings is 1. The molecule has 0 aromatic heterocycles. The molecule has 2 rings (SSSR count). The fraction of sp³-hybridized carbons (Fsp3) is 0.600. The summed E-state index contributed by atoms with van der Waals surface area (Å²) >= 11 is 3.46. The van der Waals surface area contributed by atoms with Gasteiger partial charge in [-0.3, -0.25) is 0 Å². The summed E-state index contributed by atoms with van der Waals surface area (Å²) in [4.78, 5) is 0. The highest BCUT2D eigenvalue weighted by atomic mass is 79.9. The lowest BCUT2D eigenvalue weighted by molar-refractivity contribution is 0.00578. The van der Waals surface area contributed by atoms with Crippen LogP contribution in [0.2, 0.25) is 6.32 Å². The van der Waals surface area contributed by atoms with Crippen molar-refractivity contribution in [3.63, 3.8) is 0 Å². The first-order chi connectivity index (χ1) is 8.71. The Morgan fingerprint density at radius 1 is 1.05 bits per heavy atom. The minimum atomic E-state index is -0.239. The normalized spacial score (nSPS) is 22.5. The van der Waals surface area contributed by atoms with E-state index in [0.29, 0.717) is 5.92 Å². The van der Waals surface area contributed by atoms with E-state index >= 15 is 0 Å². The van der Waals surface area contributed by atoms with Crippen molar-refractivity contribution in [2.45, 2.75) is 58.1 Å². The predicted octanol–water partition coefficient (Wildman–Crippen LogP) is 4.64. The van der Waals surface area contributed by atoms with Crippen molar-refractivity contribution in [3.05, 3.63) is 34.3 Å². The van der Waals surface area contributed by atoms with Crippen LogP contribution in [0.3, 0.4) is 0 Å². The molecule has 2 nitrogen and oxygen atoms in total. The Hall–Kier alpha value is -0.315. The molecule has 1 saturated heterocycles. The van der Waals surface area contributed by atoms with Gasteiger partial charge in [0.05, 0.1) is 11.2 Å². The SMILES string of the molecule is CC(CB1OC(C)(C)C(C)(C)O1)c1ccc(Br)cc1. The summed E-state index contributed by atoms with van der Waals surface area (Å²) in [5, 5.41) is 0. The van der Waals surface area contributed by atoms with Gasteiger partial charge in [0, 0.05) is 4.47 Å². The molecule has 0 radical (unpaired) electrons. The molecule has 4 heteroatoms. The highest BCUT2D eigenvalue weighted by molar-refractivity contribution is 9.10. The zero-order valence-electron chi connectivity index (χ0n) is 12.4. The van der Waals surface area contributed by atoms with E-state index in [-0.39, 0.29) is 18.3 Å². The van der Waals surface area contributed by atoms with Crippen LogP contribution in [-0.2, 0) is 9.31 Å². The van der Waals surface area contributed by atoms with Gasteiger partial charge in [0.1, 0.15) is 0 Å². The molecule has 0 bridgehead atoms. The molecule has 1 aliphatic heterocycles.